The number of aliphatic carboxylic acids is 3. The molecule has 1 fully saturated rings. The van der Waals surface area contributed by atoms with Crippen LogP contribution in [-0.2, 0) is 19.1 Å². The third-order valence-electron chi connectivity index (χ3n) is 5.10. The van der Waals surface area contributed by atoms with Crippen LogP contribution in [-0.4, -0.2) is 91.5 Å². The summed E-state index contributed by atoms with van der Waals surface area (Å²) >= 11 is 0. The van der Waals surface area contributed by atoms with E-state index in [-0.39, 0.29) is 11.2 Å². The van der Waals surface area contributed by atoms with Gasteiger partial charge in [0.25, 0.3) is 5.56 Å². The molecule has 168 valence electrons. The van der Waals surface area contributed by atoms with Crippen molar-refractivity contribution in [2.45, 2.75) is 48.9 Å². The molecule has 5 atom stereocenters. The van der Waals surface area contributed by atoms with Crippen LogP contribution in [0.4, 0.5) is 0 Å². The van der Waals surface area contributed by atoms with E-state index in [1.54, 1.807) is 0 Å². The van der Waals surface area contributed by atoms with E-state index < -0.39 is 72.4 Å². The first-order chi connectivity index (χ1) is 14.4. The third kappa shape index (κ3) is 3.63. The first kappa shape index (κ1) is 22.3. The highest BCUT2D eigenvalue weighted by atomic mass is 16.6. The van der Waals surface area contributed by atoms with Crippen molar-refractivity contribution in [2.24, 2.45) is 0 Å². The van der Waals surface area contributed by atoms with Gasteiger partial charge in [-0.25, -0.2) is 9.97 Å². The van der Waals surface area contributed by atoms with Crippen molar-refractivity contribution in [1.29, 1.82) is 0 Å². The lowest BCUT2D eigenvalue weighted by atomic mass is 9.73. The summed E-state index contributed by atoms with van der Waals surface area (Å²) in [7, 11) is 0. The van der Waals surface area contributed by atoms with Crippen LogP contribution < -0.4 is 5.56 Å². The quantitative estimate of drug-likeness (QED) is 0.220. The summed E-state index contributed by atoms with van der Waals surface area (Å²) in [5, 5.41) is 60.3. The van der Waals surface area contributed by atoms with Crippen molar-refractivity contribution in [3.8, 4) is 0 Å². The van der Waals surface area contributed by atoms with Gasteiger partial charge in [0, 0.05) is 0 Å². The summed E-state index contributed by atoms with van der Waals surface area (Å²) in [5.74, 6) is -4.88. The number of aromatic amines is 1. The summed E-state index contributed by atoms with van der Waals surface area (Å²) in [4.78, 5) is 55.8. The maximum atomic E-state index is 11.9. The molecule has 31 heavy (non-hydrogen) atoms. The maximum absolute atomic E-state index is 11.9. The molecule has 15 heteroatoms. The number of ether oxygens (including phenoxy) is 1. The first-order valence-corrected chi connectivity index (χ1v) is 8.74. The standard InChI is InChI=1S/C16H18N4O11/c21-6(1-7(22)23)11-15(29,2-8(24)25)16(30,3-9(26)27)14(31-11)20-5-19-10-12(20)17-4-18-13(10)28/h4-6,11,14,21,29-30H,1-3H2,(H,22,23)(H,24,25)(H,26,27)(H,17,18,28)/t6?,11-,14-,15-,16+/m1/s1. The van der Waals surface area contributed by atoms with E-state index >= 15 is 0 Å². The number of hydrogen-bond donors (Lipinski definition) is 7. The average molecular weight is 442 g/mol. The lowest BCUT2D eigenvalue weighted by molar-refractivity contribution is -0.188. The van der Waals surface area contributed by atoms with Gasteiger partial charge in [0.1, 0.15) is 11.7 Å². The molecule has 1 aliphatic heterocycles. The SMILES string of the molecule is O=C(O)CC(O)[C@H]1O[C@@H](n2cnc3c(=O)[nH]cnc32)[C@@](O)(CC(=O)O)[C@@]1(O)CC(=O)O. The van der Waals surface area contributed by atoms with E-state index in [2.05, 4.69) is 15.0 Å². The van der Waals surface area contributed by atoms with Crippen LogP contribution in [0, 0.1) is 0 Å². The number of carbonyl (C=O) groups is 3. The molecule has 3 heterocycles. The van der Waals surface area contributed by atoms with E-state index in [1.807, 2.05) is 0 Å². The predicted molar refractivity (Wildman–Crippen MR) is 94.7 cm³/mol. The Morgan fingerprint density at radius 2 is 1.71 bits per heavy atom. The molecule has 7 N–H and O–H groups in total. The molecule has 15 nitrogen and oxygen atoms in total. The van der Waals surface area contributed by atoms with Gasteiger partial charge < -0.3 is 40.4 Å². The normalized spacial score (nSPS) is 29.1. The summed E-state index contributed by atoms with van der Waals surface area (Å²) in [6.45, 7) is 0. The van der Waals surface area contributed by atoms with E-state index in [0.717, 1.165) is 17.2 Å². The van der Waals surface area contributed by atoms with Crippen LogP contribution in [0.2, 0.25) is 0 Å². The molecule has 2 aromatic heterocycles. The Hall–Kier alpha value is -3.40. The molecule has 1 unspecified atom stereocenters. The highest BCUT2D eigenvalue weighted by molar-refractivity contribution is 5.73. The van der Waals surface area contributed by atoms with Crippen molar-refractivity contribution >= 4 is 29.1 Å². The molecule has 2 aromatic rings. The molecule has 0 aromatic carbocycles. The monoisotopic (exact) mass is 442 g/mol. The Balaban J connectivity index is 2.22. The summed E-state index contributed by atoms with van der Waals surface area (Å²) in [6.07, 6.45) is -7.61. The minimum Gasteiger partial charge on any atom is -0.481 e. The van der Waals surface area contributed by atoms with Crippen LogP contribution in [0.25, 0.3) is 11.2 Å². The number of nitrogens with zero attached hydrogens (tertiary/aromatic N) is 3. The molecular weight excluding hydrogens is 424 g/mol. The van der Waals surface area contributed by atoms with Gasteiger partial charge in [0.2, 0.25) is 0 Å². The van der Waals surface area contributed by atoms with Crippen LogP contribution in [0.5, 0.6) is 0 Å². The number of imidazole rings is 1. The number of rotatable bonds is 8. The Labute approximate surface area is 171 Å². The summed E-state index contributed by atoms with van der Waals surface area (Å²) in [5.41, 5.74) is -6.98. The number of hydrogen-bond acceptors (Lipinski definition) is 10. The lowest BCUT2D eigenvalue weighted by Gasteiger charge is -2.40. The summed E-state index contributed by atoms with van der Waals surface area (Å²) in [6, 6.07) is 0. The lowest BCUT2D eigenvalue weighted by Crippen LogP contribution is -2.62. The number of nitrogens with one attached hydrogen (secondary N) is 1. The zero-order valence-electron chi connectivity index (χ0n) is 15.6. The van der Waals surface area contributed by atoms with E-state index in [1.165, 1.54) is 0 Å². The largest absolute Gasteiger partial charge is 0.481 e. The van der Waals surface area contributed by atoms with Crippen molar-refractivity contribution in [3.05, 3.63) is 23.0 Å². The van der Waals surface area contributed by atoms with Gasteiger partial charge in [0.15, 0.2) is 23.0 Å². The fourth-order valence-electron chi connectivity index (χ4n) is 3.80. The van der Waals surface area contributed by atoms with Crippen LogP contribution >= 0.6 is 0 Å². The van der Waals surface area contributed by atoms with Crippen molar-refractivity contribution < 1.29 is 49.8 Å². The van der Waals surface area contributed by atoms with Crippen LogP contribution in [0.3, 0.4) is 0 Å². The number of fused-ring (bicyclic) bond motifs is 1. The average Bonchev–Trinajstić information content (AvgIpc) is 3.12. The third-order valence-corrected chi connectivity index (χ3v) is 5.10. The van der Waals surface area contributed by atoms with Crippen LogP contribution in [0.15, 0.2) is 17.4 Å². The first-order valence-electron chi connectivity index (χ1n) is 8.74. The van der Waals surface area contributed by atoms with Gasteiger partial charge in [-0.15, -0.1) is 0 Å². The zero-order chi connectivity index (χ0) is 23.1. The maximum Gasteiger partial charge on any atom is 0.306 e. The van der Waals surface area contributed by atoms with Crippen molar-refractivity contribution in [2.75, 3.05) is 0 Å². The number of aliphatic hydroxyl groups is 3. The number of carboxylic acids is 3. The van der Waals surface area contributed by atoms with Crippen LogP contribution in [0.1, 0.15) is 25.5 Å². The van der Waals surface area contributed by atoms with Gasteiger partial charge in [-0.2, -0.15) is 0 Å². The van der Waals surface area contributed by atoms with Crippen molar-refractivity contribution in [3.63, 3.8) is 0 Å². The second kappa shape index (κ2) is 7.69. The Morgan fingerprint density at radius 1 is 1.10 bits per heavy atom. The van der Waals surface area contributed by atoms with Gasteiger partial charge in [-0.1, -0.05) is 0 Å². The zero-order valence-corrected chi connectivity index (χ0v) is 15.6. The van der Waals surface area contributed by atoms with Gasteiger partial charge in [-0.05, 0) is 0 Å². The second-order valence-electron chi connectivity index (χ2n) is 7.12. The molecule has 1 saturated heterocycles. The molecule has 0 amide bonds. The number of carboxylic acid groups (broad SMARTS) is 3. The fraction of sp³-hybridized carbons (Fsp3) is 0.500. The van der Waals surface area contributed by atoms with E-state index in [4.69, 9.17) is 9.84 Å². The molecule has 0 bridgehead atoms. The van der Waals surface area contributed by atoms with Gasteiger partial charge in [0.05, 0.1) is 38.0 Å². The molecular formula is C16H18N4O11. The number of H-pyrrole nitrogens is 1. The molecule has 0 radical (unpaired) electrons. The Bertz CT molecular complexity index is 1100. The minimum atomic E-state index is -2.95. The van der Waals surface area contributed by atoms with Crippen molar-refractivity contribution in [1.82, 2.24) is 19.5 Å². The van der Waals surface area contributed by atoms with Gasteiger partial charge in [-0.3, -0.25) is 23.7 Å². The fourth-order valence-corrected chi connectivity index (χ4v) is 3.80. The highest BCUT2D eigenvalue weighted by Crippen LogP contribution is 2.51. The van der Waals surface area contributed by atoms with E-state index in [9.17, 15) is 44.7 Å². The highest BCUT2D eigenvalue weighted by Gasteiger charge is 2.69. The molecule has 0 saturated carbocycles. The van der Waals surface area contributed by atoms with Gasteiger partial charge >= 0.3 is 17.9 Å². The topological polar surface area (TPSA) is 245 Å². The smallest absolute Gasteiger partial charge is 0.306 e. The number of aliphatic hydroxyl groups excluding tert-OH is 1. The Kier molecular flexibility index (Phi) is 5.53. The Morgan fingerprint density at radius 3 is 2.29 bits per heavy atom. The summed E-state index contributed by atoms with van der Waals surface area (Å²) < 4.78 is 6.38. The number of aromatic nitrogens is 4. The van der Waals surface area contributed by atoms with E-state index in [0.29, 0.717) is 0 Å². The molecule has 0 aliphatic carbocycles. The molecule has 3 rings (SSSR count). The predicted octanol–water partition coefficient (Wildman–Crippen LogP) is -2.74. The minimum absolute atomic E-state index is 0.205. The second-order valence-corrected chi connectivity index (χ2v) is 7.12. The molecule has 0 spiro atoms. The molecule has 1 aliphatic rings.